The topological polar surface area (TPSA) is 71.4 Å². The number of ketones is 2. The van der Waals surface area contributed by atoms with Gasteiger partial charge in [-0.3, -0.25) is 14.4 Å². The van der Waals surface area contributed by atoms with E-state index < -0.39 is 12.4 Å². The lowest BCUT2D eigenvalue weighted by Crippen LogP contribution is -2.24. The molecule has 1 unspecified atom stereocenters. The molecule has 0 aromatic rings. The van der Waals surface area contributed by atoms with Crippen LogP contribution in [0.1, 0.15) is 32.1 Å². The van der Waals surface area contributed by atoms with E-state index in [0.717, 1.165) is 6.42 Å². The molecule has 1 saturated carbocycles. The number of hydrogen-bond donors (Lipinski definition) is 1. The van der Waals surface area contributed by atoms with Gasteiger partial charge in [0.05, 0.1) is 0 Å². The van der Waals surface area contributed by atoms with Crippen LogP contribution in [0.3, 0.4) is 0 Å². The molecule has 0 amide bonds. The van der Waals surface area contributed by atoms with Crippen molar-refractivity contribution >= 4 is 17.5 Å². The van der Waals surface area contributed by atoms with Crippen LogP contribution in [0, 0.1) is 5.92 Å². The molecule has 1 rings (SSSR count). The van der Waals surface area contributed by atoms with Crippen molar-refractivity contribution in [1.82, 2.24) is 0 Å². The molecule has 13 heavy (non-hydrogen) atoms. The molecule has 1 aliphatic rings. The highest BCUT2D eigenvalue weighted by Gasteiger charge is 2.26. The zero-order valence-corrected chi connectivity index (χ0v) is 7.28. The molecule has 4 nitrogen and oxygen atoms in total. The summed E-state index contributed by atoms with van der Waals surface area (Å²) >= 11 is 0. The molecule has 0 aromatic carbocycles. The van der Waals surface area contributed by atoms with E-state index in [2.05, 4.69) is 0 Å². The zero-order valence-electron chi connectivity index (χ0n) is 7.28. The van der Waals surface area contributed by atoms with Crippen LogP contribution in [0.15, 0.2) is 0 Å². The summed E-state index contributed by atoms with van der Waals surface area (Å²) in [6.07, 6.45) is 1.72. The van der Waals surface area contributed by atoms with Crippen molar-refractivity contribution in [3.05, 3.63) is 0 Å². The number of hydrogen-bond acceptors (Lipinski definition) is 3. The first kappa shape index (κ1) is 9.89. The molecule has 0 spiro atoms. The van der Waals surface area contributed by atoms with Crippen molar-refractivity contribution in [2.45, 2.75) is 32.1 Å². The molecule has 1 N–H and O–H groups in total. The first-order chi connectivity index (χ1) is 6.09. The fraction of sp³-hybridized carbons (Fsp3) is 0.667. The van der Waals surface area contributed by atoms with Gasteiger partial charge in [-0.2, -0.15) is 0 Å². The summed E-state index contributed by atoms with van der Waals surface area (Å²) in [5.41, 5.74) is 0. The molecule has 0 saturated heterocycles. The van der Waals surface area contributed by atoms with Gasteiger partial charge in [-0.15, -0.1) is 0 Å². The third-order valence-electron chi connectivity index (χ3n) is 2.26. The van der Waals surface area contributed by atoms with Crippen LogP contribution in [-0.4, -0.2) is 22.6 Å². The van der Waals surface area contributed by atoms with E-state index in [4.69, 9.17) is 5.11 Å². The first-order valence-corrected chi connectivity index (χ1v) is 4.36. The highest BCUT2D eigenvalue weighted by Crippen LogP contribution is 2.22. The largest absolute Gasteiger partial charge is 0.481 e. The van der Waals surface area contributed by atoms with Gasteiger partial charge in [-0.25, -0.2) is 0 Å². The molecule has 1 atom stereocenters. The summed E-state index contributed by atoms with van der Waals surface area (Å²) in [7, 11) is 0. The summed E-state index contributed by atoms with van der Waals surface area (Å²) in [6, 6.07) is 0. The second kappa shape index (κ2) is 4.16. The summed E-state index contributed by atoms with van der Waals surface area (Å²) in [5.74, 6) is -1.67. The lowest BCUT2D eigenvalue weighted by Gasteiger charge is -2.18. The van der Waals surface area contributed by atoms with Gasteiger partial charge in [0, 0.05) is 18.8 Å². The van der Waals surface area contributed by atoms with Gasteiger partial charge >= 0.3 is 5.97 Å². The molecule has 4 heteroatoms. The second-order valence-electron chi connectivity index (χ2n) is 3.37. The van der Waals surface area contributed by atoms with Crippen LogP contribution in [0.2, 0.25) is 0 Å². The van der Waals surface area contributed by atoms with Crippen molar-refractivity contribution in [2.75, 3.05) is 0 Å². The van der Waals surface area contributed by atoms with Gasteiger partial charge in [0.2, 0.25) is 0 Å². The van der Waals surface area contributed by atoms with E-state index in [1.165, 1.54) is 0 Å². The van der Waals surface area contributed by atoms with Crippen LogP contribution in [-0.2, 0) is 14.4 Å². The quantitative estimate of drug-likeness (QED) is 0.658. The Morgan fingerprint density at radius 2 is 2.15 bits per heavy atom. The number of rotatable bonds is 3. The number of carboxylic acids is 1. The monoisotopic (exact) mass is 184 g/mol. The predicted molar refractivity (Wildman–Crippen MR) is 44.2 cm³/mol. The van der Waals surface area contributed by atoms with Crippen LogP contribution in [0.4, 0.5) is 0 Å². The Kier molecular flexibility index (Phi) is 3.17. The molecular weight excluding hydrogens is 172 g/mol. The summed E-state index contributed by atoms with van der Waals surface area (Å²) in [6.45, 7) is 0. The van der Waals surface area contributed by atoms with Crippen LogP contribution in [0.25, 0.3) is 0 Å². The molecule has 0 aliphatic heterocycles. The fourth-order valence-electron chi connectivity index (χ4n) is 1.59. The summed E-state index contributed by atoms with van der Waals surface area (Å²) in [5, 5.41) is 8.37. The van der Waals surface area contributed by atoms with E-state index in [1.54, 1.807) is 0 Å². The summed E-state index contributed by atoms with van der Waals surface area (Å²) in [4.78, 5) is 32.4. The van der Waals surface area contributed by atoms with Gasteiger partial charge in [-0.1, -0.05) is 0 Å². The lowest BCUT2D eigenvalue weighted by molar-refractivity contribution is -0.142. The molecule has 72 valence electrons. The Labute approximate surface area is 75.9 Å². The molecule has 0 bridgehead atoms. The van der Waals surface area contributed by atoms with Crippen molar-refractivity contribution in [2.24, 2.45) is 5.92 Å². The maximum Gasteiger partial charge on any atom is 0.310 e. The standard InChI is InChI=1S/C9H12O4/c10-7-3-1-2-6(4-7)8(11)5-9(12)13/h6H,1-5H2,(H,12,13). The van der Waals surface area contributed by atoms with E-state index in [1.807, 2.05) is 0 Å². The van der Waals surface area contributed by atoms with Crippen LogP contribution >= 0.6 is 0 Å². The van der Waals surface area contributed by atoms with Gasteiger partial charge in [0.15, 0.2) is 0 Å². The number of Topliss-reactive ketones (excluding diaryl/α,β-unsaturated/α-hetero) is 2. The molecular formula is C9H12O4. The number of aliphatic carboxylic acids is 1. The third-order valence-corrected chi connectivity index (χ3v) is 2.26. The van der Waals surface area contributed by atoms with Crippen molar-refractivity contribution in [1.29, 1.82) is 0 Å². The van der Waals surface area contributed by atoms with Gasteiger partial charge in [0.25, 0.3) is 0 Å². The molecule has 0 heterocycles. The van der Waals surface area contributed by atoms with Crippen LogP contribution < -0.4 is 0 Å². The minimum Gasteiger partial charge on any atom is -0.481 e. The van der Waals surface area contributed by atoms with Crippen molar-refractivity contribution in [3.8, 4) is 0 Å². The van der Waals surface area contributed by atoms with Crippen molar-refractivity contribution < 1.29 is 19.5 Å². The van der Waals surface area contributed by atoms with Gasteiger partial charge in [-0.05, 0) is 12.8 Å². The maximum atomic E-state index is 11.2. The fourth-order valence-corrected chi connectivity index (χ4v) is 1.59. The average Bonchev–Trinajstić information content (AvgIpc) is 2.03. The average molecular weight is 184 g/mol. The van der Waals surface area contributed by atoms with E-state index >= 15 is 0 Å². The Bertz CT molecular complexity index is 244. The van der Waals surface area contributed by atoms with Crippen LogP contribution in [0.5, 0.6) is 0 Å². The smallest absolute Gasteiger partial charge is 0.310 e. The zero-order chi connectivity index (χ0) is 9.84. The number of carbonyl (C=O) groups excluding carboxylic acids is 2. The number of carboxylic acid groups (broad SMARTS) is 1. The molecule has 1 fully saturated rings. The van der Waals surface area contributed by atoms with E-state index in [-0.39, 0.29) is 23.9 Å². The molecule has 0 radical (unpaired) electrons. The van der Waals surface area contributed by atoms with E-state index in [0.29, 0.717) is 12.8 Å². The minimum absolute atomic E-state index is 0.0787. The van der Waals surface area contributed by atoms with E-state index in [9.17, 15) is 14.4 Å². The van der Waals surface area contributed by atoms with Gasteiger partial charge < -0.3 is 5.11 Å². The molecule has 1 aliphatic carbocycles. The normalized spacial score (nSPS) is 22.8. The molecule has 0 aromatic heterocycles. The second-order valence-corrected chi connectivity index (χ2v) is 3.37. The SMILES string of the molecule is O=C(O)CC(=O)C1CCCC(=O)C1. The van der Waals surface area contributed by atoms with Gasteiger partial charge in [0.1, 0.15) is 18.0 Å². The summed E-state index contributed by atoms with van der Waals surface area (Å²) < 4.78 is 0. The Balaban J connectivity index is 2.46. The lowest BCUT2D eigenvalue weighted by atomic mass is 9.84. The Hall–Kier alpha value is -1.19. The minimum atomic E-state index is -1.11. The number of carbonyl (C=O) groups is 3. The highest BCUT2D eigenvalue weighted by molar-refractivity contribution is 5.98. The first-order valence-electron chi connectivity index (χ1n) is 4.36. The Morgan fingerprint density at radius 3 is 2.69 bits per heavy atom. The maximum absolute atomic E-state index is 11.2. The third kappa shape index (κ3) is 2.97. The van der Waals surface area contributed by atoms with Crippen molar-refractivity contribution in [3.63, 3.8) is 0 Å². The Morgan fingerprint density at radius 1 is 1.46 bits per heavy atom. The predicted octanol–water partition coefficient (Wildman–Crippen LogP) is 0.790. The highest BCUT2D eigenvalue weighted by atomic mass is 16.4.